The minimum absolute atomic E-state index is 0.316. The highest BCUT2D eigenvalue weighted by Crippen LogP contribution is 2.24. The van der Waals surface area contributed by atoms with Crippen molar-refractivity contribution in [1.29, 1.82) is 0 Å². The molecule has 0 aliphatic carbocycles. The summed E-state index contributed by atoms with van der Waals surface area (Å²) in [5, 5.41) is 0. The minimum atomic E-state index is -4.35. The summed E-state index contributed by atoms with van der Waals surface area (Å²) in [6, 6.07) is -0.722. The van der Waals surface area contributed by atoms with Gasteiger partial charge in [-0.3, -0.25) is 4.79 Å². The number of halogens is 3. The summed E-state index contributed by atoms with van der Waals surface area (Å²) in [5.74, 6) is -1.21. The zero-order chi connectivity index (χ0) is 13.1. The molecule has 0 N–H and O–H groups in total. The number of amides is 1. The lowest BCUT2D eigenvalue weighted by atomic mass is 10.2. The summed E-state index contributed by atoms with van der Waals surface area (Å²) in [5.41, 5.74) is 0. The van der Waals surface area contributed by atoms with Gasteiger partial charge in [-0.2, -0.15) is 13.2 Å². The Kier molecular flexibility index (Phi) is 4.36. The monoisotopic (exact) mass is 253 g/mol. The van der Waals surface area contributed by atoms with E-state index >= 15 is 0 Å². The molecular formula is C10H14F3NO3. The van der Waals surface area contributed by atoms with E-state index in [1.54, 1.807) is 0 Å². The van der Waals surface area contributed by atoms with Crippen LogP contribution in [0.15, 0.2) is 0 Å². The van der Waals surface area contributed by atoms with Crippen LogP contribution in [-0.4, -0.2) is 42.6 Å². The fourth-order valence-corrected chi connectivity index (χ4v) is 1.84. The van der Waals surface area contributed by atoms with E-state index in [0.717, 1.165) is 0 Å². The van der Waals surface area contributed by atoms with Crippen molar-refractivity contribution in [1.82, 2.24) is 4.90 Å². The summed E-state index contributed by atoms with van der Waals surface area (Å²) >= 11 is 0. The van der Waals surface area contributed by atoms with Crippen LogP contribution in [0.5, 0.6) is 0 Å². The number of alkyl halides is 3. The van der Waals surface area contributed by atoms with Gasteiger partial charge in [-0.25, -0.2) is 4.79 Å². The van der Waals surface area contributed by atoms with E-state index in [4.69, 9.17) is 0 Å². The van der Waals surface area contributed by atoms with Crippen LogP contribution in [0.25, 0.3) is 0 Å². The van der Waals surface area contributed by atoms with Crippen molar-refractivity contribution in [3.8, 4) is 0 Å². The average molecular weight is 253 g/mol. The predicted octanol–water partition coefficient (Wildman–Crippen LogP) is 1.49. The van der Waals surface area contributed by atoms with Crippen molar-refractivity contribution in [2.75, 3.05) is 13.7 Å². The highest BCUT2D eigenvalue weighted by Gasteiger charge is 2.36. The van der Waals surface area contributed by atoms with Gasteiger partial charge in [0, 0.05) is 13.0 Å². The molecule has 17 heavy (non-hydrogen) atoms. The summed E-state index contributed by atoms with van der Waals surface area (Å²) in [4.78, 5) is 24.0. The van der Waals surface area contributed by atoms with Crippen molar-refractivity contribution >= 4 is 11.9 Å². The molecule has 1 amide bonds. The minimum Gasteiger partial charge on any atom is -0.467 e. The largest absolute Gasteiger partial charge is 0.467 e. The van der Waals surface area contributed by atoms with Crippen molar-refractivity contribution in [3.63, 3.8) is 0 Å². The maximum absolute atomic E-state index is 12.0. The fourth-order valence-electron chi connectivity index (χ4n) is 1.84. The molecule has 1 rings (SSSR count). The van der Waals surface area contributed by atoms with E-state index in [1.165, 1.54) is 12.0 Å². The lowest BCUT2D eigenvalue weighted by molar-refractivity contribution is -0.155. The van der Waals surface area contributed by atoms with E-state index in [1.807, 2.05) is 0 Å². The van der Waals surface area contributed by atoms with E-state index in [2.05, 4.69) is 4.74 Å². The third-order valence-corrected chi connectivity index (χ3v) is 2.67. The van der Waals surface area contributed by atoms with Crippen LogP contribution in [0.2, 0.25) is 0 Å². The van der Waals surface area contributed by atoms with E-state index in [-0.39, 0.29) is 0 Å². The van der Waals surface area contributed by atoms with Crippen molar-refractivity contribution in [2.45, 2.75) is 37.9 Å². The predicted molar refractivity (Wildman–Crippen MR) is 52.0 cm³/mol. The van der Waals surface area contributed by atoms with Crippen LogP contribution < -0.4 is 0 Å². The maximum Gasteiger partial charge on any atom is 0.389 e. The Labute approximate surface area is 96.7 Å². The summed E-state index contributed by atoms with van der Waals surface area (Å²) < 4.78 is 40.4. The van der Waals surface area contributed by atoms with Crippen molar-refractivity contribution < 1.29 is 27.5 Å². The van der Waals surface area contributed by atoms with Gasteiger partial charge in [0.1, 0.15) is 6.04 Å². The molecule has 98 valence electrons. The normalized spacial score (nSPS) is 20.5. The number of carbonyl (C=O) groups excluding carboxylic acids is 2. The van der Waals surface area contributed by atoms with Gasteiger partial charge in [-0.05, 0) is 12.8 Å². The smallest absolute Gasteiger partial charge is 0.389 e. The van der Waals surface area contributed by atoms with Crippen LogP contribution in [0.1, 0.15) is 25.7 Å². The molecule has 0 aromatic carbocycles. The zero-order valence-electron chi connectivity index (χ0n) is 9.42. The number of methoxy groups -OCH3 is 1. The first kappa shape index (κ1) is 13.8. The molecule has 0 aromatic rings. The SMILES string of the molecule is COC(=O)C1CCCN1C(=O)CCC(F)(F)F. The molecule has 0 spiro atoms. The summed E-state index contributed by atoms with van der Waals surface area (Å²) in [6.45, 7) is 0.316. The van der Waals surface area contributed by atoms with Gasteiger partial charge in [-0.1, -0.05) is 0 Å². The maximum atomic E-state index is 12.0. The van der Waals surface area contributed by atoms with E-state index in [9.17, 15) is 22.8 Å². The molecular weight excluding hydrogens is 239 g/mol. The van der Waals surface area contributed by atoms with Crippen LogP contribution >= 0.6 is 0 Å². The highest BCUT2D eigenvalue weighted by molar-refractivity contribution is 5.85. The molecule has 1 fully saturated rings. The van der Waals surface area contributed by atoms with Crippen LogP contribution in [0, 0.1) is 0 Å². The lowest BCUT2D eigenvalue weighted by Gasteiger charge is -2.22. The van der Waals surface area contributed by atoms with Gasteiger partial charge in [0.15, 0.2) is 0 Å². The number of rotatable bonds is 3. The number of nitrogens with zero attached hydrogens (tertiary/aromatic N) is 1. The third-order valence-electron chi connectivity index (χ3n) is 2.67. The molecule has 0 saturated carbocycles. The van der Waals surface area contributed by atoms with Crippen molar-refractivity contribution in [2.24, 2.45) is 0 Å². The number of likely N-dealkylation sites (tertiary alicyclic amines) is 1. The van der Waals surface area contributed by atoms with Gasteiger partial charge >= 0.3 is 12.1 Å². The number of hydrogen-bond acceptors (Lipinski definition) is 3. The second kappa shape index (κ2) is 5.37. The first-order valence-corrected chi connectivity index (χ1v) is 5.29. The lowest BCUT2D eigenvalue weighted by Crippen LogP contribution is -2.41. The molecule has 1 atom stereocenters. The molecule has 7 heteroatoms. The Bertz CT molecular complexity index is 304. The molecule has 4 nitrogen and oxygen atoms in total. The molecule has 0 radical (unpaired) electrons. The molecule has 1 aliphatic heterocycles. The quantitative estimate of drug-likeness (QED) is 0.716. The fraction of sp³-hybridized carbons (Fsp3) is 0.800. The Morgan fingerprint density at radius 3 is 2.59 bits per heavy atom. The molecule has 1 aliphatic rings. The van der Waals surface area contributed by atoms with Gasteiger partial charge in [-0.15, -0.1) is 0 Å². The second-order valence-corrected chi connectivity index (χ2v) is 3.88. The van der Waals surface area contributed by atoms with Gasteiger partial charge in [0.25, 0.3) is 0 Å². The molecule has 0 aromatic heterocycles. The van der Waals surface area contributed by atoms with E-state index in [0.29, 0.717) is 19.4 Å². The van der Waals surface area contributed by atoms with Gasteiger partial charge < -0.3 is 9.64 Å². The first-order chi connectivity index (χ1) is 7.85. The Morgan fingerprint density at radius 2 is 2.06 bits per heavy atom. The topological polar surface area (TPSA) is 46.6 Å². The number of esters is 1. The zero-order valence-corrected chi connectivity index (χ0v) is 9.42. The molecule has 1 heterocycles. The van der Waals surface area contributed by atoms with E-state index < -0.39 is 36.9 Å². The standard InChI is InChI=1S/C10H14F3NO3/c1-17-9(16)7-3-2-6-14(7)8(15)4-5-10(11,12)13/h7H,2-6H2,1H3. The highest BCUT2D eigenvalue weighted by atomic mass is 19.4. The van der Waals surface area contributed by atoms with Gasteiger partial charge in [0.2, 0.25) is 5.91 Å². The molecule has 1 saturated heterocycles. The second-order valence-electron chi connectivity index (χ2n) is 3.88. The summed E-state index contributed by atoms with van der Waals surface area (Å²) in [6.07, 6.45) is -5.06. The third kappa shape index (κ3) is 3.90. The number of carbonyl (C=O) groups is 2. The Hall–Kier alpha value is -1.27. The molecule has 1 unspecified atom stereocenters. The van der Waals surface area contributed by atoms with Crippen molar-refractivity contribution in [3.05, 3.63) is 0 Å². The average Bonchev–Trinajstić information content (AvgIpc) is 2.72. The Morgan fingerprint density at radius 1 is 1.41 bits per heavy atom. The van der Waals surface area contributed by atoms with Crippen LogP contribution in [0.3, 0.4) is 0 Å². The first-order valence-electron chi connectivity index (χ1n) is 5.29. The Balaban J connectivity index is 2.53. The van der Waals surface area contributed by atoms with Gasteiger partial charge in [0.05, 0.1) is 13.5 Å². The van der Waals surface area contributed by atoms with Crippen LogP contribution in [0.4, 0.5) is 13.2 Å². The molecule has 0 bridgehead atoms. The van der Waals surface area contributed by atoms with Crippen LogP contribution in [-0.2, 0) is 14.3 Å². The number of hydrogen-bond donors (Lipinski definition) is 0. The number of ether oxygens (including phenoxy) is 1. The summed E-state index contributed by atoms with van der Waals surface area (Å²) in [7, 11) is 1.19.